The summed E-state index contributed by atoms with van der Waals surface area (Å²) in [7, 11) is 0. The van der Waals surface area contributed by atoms with Crippen LogP contribution in [0, 0.1) is 17.8 Å². The molecule has 9 heteroatoms. The first-order valence-electron chi connectivity index (χ1n) is 17.6. The van der Waals surface area contributed by atoms with Gasteiger partial charge in [-0.1, -0.05) is 20.8 Å². The van der Waals surface area contributed by atoms with Gasteiger partial charge in [0.15, 0.2) is 0 Å². The second-order valence-corrected chi connectivity index (χ2v) is 18.9. The number of carboxylic acids is 3. The molecular formula is C39H69N3O6. The zero-order valence-electron chi connectivity index (χ0n) is 32.8. The fraction of sp³-hybridized carbons (Fsp3) is 0.769. The van der Waals surface area contributed by atoms with Gasteiger partial charge in [0.2, 0.25) is 0 Å². The molecule has 276 valence electrons. The molecule has 3 fully saturated rings. The summed E-state index contributed by atoms with van der Waals surface area (Å²) in [4.78, 5) is 31.8. The van der Waals surface area contributed by atoms with Gasteiger partial charge in [-0.05, 0) is 158 Å². The first-order valence-corrected chi connectivity index (χ1v) is 17.6. The molecule has 3 aliphatic heterocycles. The number of rotatable bonds is 3. The Hall–Kier alpha value is -2.49. The third kappa shape index (κ3) is 15.8. The molecule has 9 nitrogen and oxygen atoms in total. The smallest absolute Gasteiger partial charge is 0.336 e. The van der Waals surface area contributed by atoms with Crippen molar-refractivity contribution in [1.82, 2.24) is 16.0 Å². The molecule has 0 saturated carbocycles. The van der Waals surface area contributed by atoms with E-state index in [2.05, 4.69) is 120 Å². The van der Waals surface area contributed by atoms with Crippen molar-refractivity contribution in [2.75, 3.05) is 0 Å². The van der Waals surface area contributed by atoms with Crippen LogP contribution in [-0.4, -0.2) is 66.5 Å². The van der Waals surface area contributed by atoms with Crippen molar-refractivity contribution in [3.8, 4) is 0 Å². The van der Waals surface area contributed by atoms with Crippen LogP contribution in [0.25, 0.3) is 0 Å². The van der Waals surface area contributed by atoms with Gasteiger partial charge in [0.05, 0.1) is 16.7 Å². The Morgan fingerprint density at radius 1 is 0.479 bits per heavy atom. The van der Waals surface area contributed by atoms with E-state index >= 15 is 0 Å². The predicted octanol–water partition coefficient (Wildman–Crippen LogP) is 8.47. The molecule has 0 aliphatic carbocycles. The van der Waals surface area contributed by atoms with E-state index in [9.17, 15) is 14.4 Å². The van der Waals surface area contributed by atoms with Gasteiger partial charge in [-0.25, -0.2) is 14.4 Å². The summed E-state index contributed by atoms with van der Waals surface area (Å²) >= 11 is 0. The van der Waals surface area contributed by atoms with Crippen molar-refractivity contribution in [2.45, 2.75) is 176 Å². The van der Waals surface area contributed by atoms with E-state index in [1.54, 1.807) is 0 Å². The Labute approximate surface area is 291 Å². The van der Waals surface area contributed by atoms with Gasteiger partial charge in [0.25, 0.3) is 0 Å². The largest absolute Gasteiger partial charge is 0.478 e. The van der Waals surface area contributed by atoms with E-state index in [-0.39, 0.29) is 5.56 Å². The number of aromatic carboxylic acids is 3. The molecule has 6 N–H and O–H groups in total. The molecule has 1 aromatic rings. The quantitative estimate of drug-likeness (QED) is 0.186. The van der Waals surface area contributed by atoms with E-state index in [1.165, 1.54) is 38.5 Å². The minimum absolute atomic E-state index is 0.266. The van der Waals surface area contributed by atoms with Gasteiger partial charge in [0.1, 0.15) is 0 Å². The summed E-state index contributed by atoms with van der Waals surface area (Å²) in [5.41, 5.74) is 0.764. The molecule has 0 atom stereocenters. The van der Waals surface area contributed by atoms with Crippen LogP contribution in [0.3, 0.4) is 0 Å². The Balaban J connectivity index is 0.000000323. The van der Waals surface area contributed by atoms with E-state index < -0.39 is 29.0 Å². The maximum atomic E-state index is 10.6. The van der Waals surface area contributed by atoms with Crippen LogP contribution in [0.2, 0.25) is 0 Å². The summed E-state index contributed by atoms with van der Waals surface area (Å²) in [6.07, 6.45) is 7.81. The number of piperidine rings is 3. The lowest BCUT2D eigenvalue weighted by Crippen LogP contribution is -2.57. The van der Waals surface area contributed by atoms with Gasteiger partial charge in [-0.15, -0.1) is 0 Å². The monoisotopic (exact) mass is 676 g/mol. The highest BCUT2D eigenvalue weighted by atomic mass is 16.4. The summed E-state index contributed by atoms with van der Waals surface area (Å²) in [5.74, 6) is -1.61. The van der Waals surface area contributed by atoms with E-state index in [0.29, 0.717) is 33.2 Å². The molecule has 0 radical (unpaired) electrons. The third-order valence-electron chi connectivity index (χ3n) is 8.91. The summed E-state index contributed by atoms with van der Waals surface area (Å²) in [5, 5.41) is 36.9. The van der Waals surface area contributed by atoms with Crippen molar-refractivity contribution in [2.24, 2.45) is 17.8 Å². The Kier molecular flexibility index (Phi) is 14.5. The average Bonchev–Trinajstić information content (AvgIpc) is 2.77. The first-order chi connectivity index (χ1) is 21.4. The molecule has 0 aromatic heterocycles. The average molecular weight is 676 g/mol. The molecule has 4 rings (SSSR count). The van der Waals surface area contributed by atoms with E-state index in [1.807, 2.05) is 0 Å². The molecule has 0 spiro atoms. The van der Waals surface area contributed by atoms with Gasteiger partial charge in [-0.2, -0.15) is 0 Å². The van der Waals surface area contributed by atoms with Crippen molar-refractivity contribution in [1.29, 1.82) is 0 Å². The Bertz CT molecular complexity index is 1130. The zero-order valence-corrected chi connectivity index (χ0v) is 32.8. The second kappa shape index (κ2) is 16.0. The topological polar surface area (TPSA) is 148 Å². The first kappa shape index (κ1) is 43.5. The standard InChI is InChI=1S/3C10H21N.C9H6O6/c3*1-8-6-9(2,3)11-10(4,5)7-8;10-7(11)4-1-2-5(8(12)13)6(3-4)9(14)15/h3*8,11H,6-7H2,1-5H3;1-3H,(H,10,11)(H,12,13)(H,14,15). The Morgan fingerprint density at radius 3 is 0.917 bits per heavy atom. The number of benzene rings is 1. The zero-order chi connectivity index (χ0) is 37.7. The van der Waals surface area contributed by atoms with Crippen molar-refractivity contribution in [3.63, 3.8) is 0 Å². The fourth-order valence-electron chi connectivity index (χ4n) is 9.54. The van der Waals surface area contributed by atoms with Crippen LogP contribution in [0.4, 0.5) is 0 Å². The normalized spacial score (nSPS) is 23.8. The van der Waals surface area contributed by atoms with Gasteiger partial charge >= 0.3 is 17.9 Å². The molecule has 48 heavy (non-hydrogen) atoms. The molecule has 3 heterocycles. The van der Waals surface area contributed by atoms with Crippen molar-refractivity contribution < 1.29 is 29.7 Å². The van der Waals surface area contributed by atoms with Crippen LogP contribution in [-0.2, 0) is 0 Å². The number of carbonyl (C=O) groups is 3. The maximum Gasteiger partial charge on any atom is 0.336 e. The minimum atomic E-state index is -1.48. The lowest BCUT2D eigenvalue weighted by molar-refractivity contribution is 0.0649. The molecule has 0 unspecified atom stereocenters. The number of nitrogens with one attached hydrogen (secondary N) is 3. The molecule has 1 aromatic carbocycles. The van der Waals surface area contributed by atoms with E-state index in [4.69, 9.17) is 15.3 Å². The predicted molar refractivity (Wildman–Crippen MR) is 196 cm³/mol. The lowest BCUT2D eigenvalue weighted by atomic mass is 9.77. The van der Waals surface area contributed by atoms with Gasteiger partial charge < -0.3 is 31.3 Å². The number of hydrogen-bond acceptors (Lipinski definition) is 6. The van der Waals surface area contributed by atoms with Crippen LogP contribution >= 0.6 is 0 Å². The summed E-state index contributed by atoms with van der Waals surface area (Å²) in [6, 6.07) is 2.81. The van der Waals surface area contributed by atoms with Crippen molar-refractivity contribution in [3.05, 3.63) is 34.9 Å². The van der Waals surface area contributed by atoms with Crippen LogP contribution in [0.15, 0.2) is 18.2 Å². The highest BCUT2D eigenvalue weighted by Gasteiger charge is 2.37. The second-order valence-electron chi connectivity index (χ2n) is 18.9. The van der Waals surface area contributed by atoms with Crippen LogP contribution < -0.4 is 16.0 Å². The molecule has 3 aliphatic rings. The molecule has 3 saturated heterocycles. The van der Waals surface area contributed by atoms with Gasteiger partial charge in [-0.3, -0.25) is 0 Å². The number of hydrogen-bond donors (Lipinski definition) is 6. The maximum absolute atomic E-state index is 10.6. The molecule has 0 bridgehead atoms. The van der Waals surface area contributed by atoms with E-state index in [0.717, 1.165) is 36.0 Å². The summed E-state index contributed by atoms with van der Waals surface area (Å²) in [6.45, 7) is 34.6. The Morgan fingerprint density at radius 2 is 0.729 bits per heavy atom. The highest BCUT2D eigenvalue weighted by Crippen LogP contribution is 2.34. The van der Waals surface area contributed by atoms with Crippen LogP contribution in [0.5, 0.6) is 0 Å². The lowest BCUT2D eigenvalue weighted by Gasteiger charge is -2.45. The van der Waals surface area contributed by atoms with Crippen molar-refractivity contribution >= 4 is 17.9 Å². The minimum Gasteiger partial charge on any atom is -0.478 e. The summed E-state index contributed by atoms with van der Waals surface area (Å²) < 4.78 is 0. The van der Waals surface area contributed by atoms with Crippen LogP contribution in [0.1, 0.15) is 173 Å². The third-order valence-corrected chi connectivity index (χ3v) is 8.91. The number of carboxylic acid groups (broad SMARTS) is 3. The molecule has 0 amide bonds. The molecular weight excluding hydrogens is 606 g/mol. The van der Waals surface area contributed by atoms with Gasteiger partial charge in [0, 0.05) is 33.2 Å². The SMILES string of the molecule is CC1CC(C)(C)NC(C)(C)C1.CC1CC(C)(C)NC(C)(C)C1.CC1CC(C)(C)NC(C)(C)C1.O=C(O)c1ccc(C(=O)O)c(C(=O)O)c1. The highest BCUT2D eigenvalue weighted by molar-refractivity contribution is 6.03. The fourth-order valence-corrected chi connectivity index (χ4v) is 9.54.